The summed E-state index contributed by atoms with van der Waals surface area (Å²) in [6.45, 7) is 2.79. The molecule has 0 spiro atoms. The van der Waals surface area contributed by atoms with Gasteiger partial charge in [-0.15, -0.1) is 0 Å². The first-order chi connectivity index (χ1) is 13.8. The molecule has 29 heavy (non-hydrogen) atoms. The Hall–Kier alpha value is -3.42. The fraction of sp³-hybridized carbons (Fsp3) is 0.286. The van der Waals surface area contributed by atoms with E-state index in [-0.39, 0.29) is 19.0 Å². The molecule has 0 unspecified atom stereocenters. The zero-order valence-electron chi connectivity index (χ0n) is 16.2. The van der Waals surface area contributed by atoms with Crippen molar-refractivity contribution in [3.05, 3.63) is 66.0 Å². The molecule has 0 heterocycles. The predicted molar refractivity (Wildman–Crippen MR) is 103 cm³/mol. The molecule has 2 rings (SSSR count). The maximum Gasteiger partial charge on any atom is 0.329 e. The van der Waals surface area contributed by atoms with Crippen LogP contribution in [0.15, 0.2) is 54.6 Å². The summed E-state index contributed by atoms with van der Waals surface area (Å²) in [5.41, 5.74) is 0.706. The summed E-state index contributed by atoms with van der Waals surface area (Å²) in [5.74, 6) is -1.58. The highest BCUT2D eigenvalue weighted by molar-refractivity contribution is 5.87. The van der Waals surface area contributed by atoms with Gasteiger partial charge in [-0.2, -0.15) is 0 Å². The number of carbonyl (C=O) groups excluding carboxylic acids is 3. The number of carbonyl (C=O) groups is 3. The van der Waals surface area contributed by atoms with Gasteiger partial charge in [0, 0.05) is 6.54 Å². The highest BCUT2D eigenvalue weighted by Gasteiger charge is 2.23. The molecule has 154 valence electrons. The van der Waals surface area contributed by atoms with Crippen LogP contribution in [0.25, 0.3) is 0 Å². The maximum atomic E-state index is 12.9. The van der Waals surface area contributed by atoms with Crippen LogP contribution < -0.4 is 15.4 Å². The van der Waals surface area contributed by atoms with Crippen molar-refractivity contribution in [3.8, 4) is 5.75 Å². The molecule has 7 nitrogen and oxygen atoms in total. The normalized spacial score (nSPS) is 12.4. The number of halogens is 1. The molecule has 2 aromatic carbocycles. The molecule has 0 saturated heterocycles. The Balaban J connectivity index is 1.71. The minimum absolute atomic E-state index is 0.171. The molecule has 0 aromatic heterocycles. The van der Waals surface area contributed by atoms with Crippen LogP contribution in [0, 0.1) is 5.82 Å². The monoisotopic (exact) mass is 402 g/mol. The lowest BCUT2D eigenvalue weighted by Gasteiger charge is -2.17. The third-order valence-electron chi connectivity index (χ3n) is 3.89. The molecule has 0 aliphatic heterocycles. The molecule has 8 heteroatoms. The van der Waals surface area contributed by atoms with E-state index in [1.54, 1.807) is 36.4 Å². The SMILES string of the molecule is C[C@H](NC(=O)COc1ccccc1)C(=O)O[C@H](C)C(=O)NCc1ccc(F)cc1. The standard InChI is InChI=1S/C21H23FN2O5/c1-14(24-19(25)13-28-18-6-4-3-5-7-18)21(27)29-15(2)20(26)23-12-16-8-10-17(22)11-9-16/h3-11,14-15H,12-13H2,1-2H3,(H,23,26)(H,24,25)/t14-,15+/m0/s1. The molecule has 2 amide bonds. The van der Waals surface area contributed by atoms with E-state index in [2.05, 4.69) is 10.6 Å². The summed E-state index contributed by atoms with van der Waals surface area (Å²) in [7, 11) is 0. The maximum absolute atomic E-state index is 12.9. The predicted octanol–water partition coefficient (Wildman–Crippen LogP) is 1.96. The average molecular weight is 402 g/mol. The summed E-state index contributed by atoms with van der Waals surface area (Å²) in [6.07, 6.45) is -1.05. The lowest BCUT2D eigenvalue weighted by atomic mass is 10.2. The van der Waals surface area contributed by atoms with Gasteiger partial charge in [0.25, 0.3) is 11.8 Å². The number of para-hydroxylation sites is 1. The fourth-order valence-electron chi connectivity index (χ4n) is 2.27. The van der Waals surface area contributed by atoms with Crippen molar-refractivity contribution in [1.29, 1.82) is 0 Å². The second kappa shape index (κ2) is 10.8. The molecule has 2 atom stereocenters. The fourth-order valence-corrected chi connectivity index (χ4v) is 2.27. The van der Waals surface area contributed by atoms with Gasteiger partial charge in [-0.3, -0.25) is 9.59 Å². The second-order valence-electron chi connectivity index (χ2n) is 6.31. The van der Waals surface area contributed by atoms with Gasteiger partial charge < -0.3 is 20.1 Å². The number of benzene rings is 2. The quantitative estimate of drug-likeness (QED) is 0.626. The Morgan fingerprint density at radius 3 is 2.31 bits per heavy atom. The second-order valence-corrected chi connectivity index (χ2v) is 6.31. The first-order valence-corrected chi connectivity index (χ1v) is 9.05. The zero-order chi connectivity index (χ0) is 21.2. The Kier molecular flexibility index (Phi) is 8.14. The van der Waals surface area contributed by atoms with Gasteiger partial charge >= 0.3 is 5.97 Å². The largest absolute Gasteiger partial charge is 0.484 e. The van der Waals surface area contributed by atoms with Crippen LogP contribution in [0.5, 0.6) is 5.75 Å². The number of amides is 2. The van der Waals surface area contributed by atoms with Crippen LogP contribution in [0.4, 0.5) is 4.39 Å². The number of hydrogen-bond acceptors (Lipinski definition) is 5. The third kappa shape index (κ3) is 7.61. The molecular formula is C21H23FN2O5. The third-order valence-corrected chi connectivity index (χ3v) is 3.89. The van der Waals surface area contributed by atoms with E-state index >= 15 is 0 Å². The van der Waals surface area contributed by atoms with Crippen LogP contribution in [-0.2, 0) is 25.7 Å². The van der Waals surface area contributed by atoms with Gasteiger partial charge in [-0.25, -0.2) is 9.18 Å². The Morgan fingerprint density at radius 2 is 1.66 bits per heavy atom. The van der Waals surface area contributed by atoms with Crippen molar-refractivity contribution < 1.29 is 28.2 Å². The summed E-state index contributed by atoms with van der Waals surface area (Å²) in [5, 5.41) is 5.05. The number of esters is 1. The van der Waals surface area contributed by atoms with Crippen LogP contribution in [0.3, 0.4) is 0 Å². The molecule has 0 saturated carbocycles. The molecule has 0 aliphatic rings. The van der Waals surface area contributed by atoms with E-state index < -0.39 is 29.9 Å². The van der Waals surface area contributed by atoms with Gasteiger partial charge in [-0.05, 0) is 43.7 Å². The topological polar surface area (TPSA) is 93.7 Å². The van der Waals surface area contributed by atoms with Crippen molar-refractivity contribution in [2.75, 3.05) is 6.61 Å². The van der Waals surface area contributed by atoms with Gasteiger partial charge in [0.1, 0.15) is 17.6 Å². The van der Waals surface area contributed by atoms with Crippen LogP contribution in [0.2, 0.25) is 0 Å². The Labute approximate surface area is 168 Å². The van der Waals surface area contributed by atoms with E-state index in [0.717, 1.165) is 0 Å². The molecule has 2 N–H and O–H groups in total. The zero-order valence-corrected chi connectivity index (χ0v) is 16.2. The van der Waals surface area contributed by atoms with Gasteiger partial charge in [-0.1, -0.05) is 30.3 Å². The average Bonchev–Trinajstić information content (AvgIpc) is 2.72. The van der Waals surface area contributed by atoms with Crippen LogP contribution in [-0.4, -0.2) is 36.5 Å². The van der Waals surface area contributed by atoms with Crippen molar-refractivity contribution in [2.45, 2.75) is 32.5 Å². The minimum atomic E-state index is -1.05. The first-order valence-electron chi connectivity index (χ1n) is 9.05. The van der Waals surface area contributed by atoms with E-state index in [9.17, 15) is 18.8 Å². The summed E-state index contributed by atoms with van der Waals surface area (Å²) in [6, 6.07) is 13.5. The van der Waals surface area contributed by atoms with Gasteiger partial charge in [0.15, 0.2) is 12.7 Å². The van der Waals surface area contributed by atoms with Crippen molar-refractivity contribution >= 4 is 17.8 Å². The van der Waals surface area contributed by atoms with Crippen molar-refractivity contribution in [1.82, 2.24) is 10.6 Å². The lowest BCUT2D eigenvalue weighted by Crippen LogP contribution is -2.44. The van der Waals surface area contributed by atoms with Crippen LogP contribution >= 0.6 is 0 Å². The number of ether oxygens (including phenoxy) is 2. The van der Waals surface area contributed by atoms with E-state index in [1.807, 2.05) is 6.07 Å². The molecule has 0 aliphatic carbocycles. The van der Waals surface area contributed by atoms with E-state index in [1.165, 1.54) is 26.0 Å². The molecule has 0 fully saturated rings. The molecule has 2 aromatic rings. The molecular weight excluding hydrogens is 379 g/mol. The molecule has 0 radical (unpaired) electrons. The van der Waals surface area contributed by atoms with E-state index in [4.69, 9.17) is 9.47 Å². The number of hydrogen-bond donors (Lipinski definition) is 2. The number of nitrogens with one attached hydrogen (secondary N) is 2. The lowest BCUT2D eigenvalue weighted by molar-refractivity contribution is -0.157. The minimum Gasteiger partial charge on any atom is -0.484 e. The summed E-state index contributed by atoms with van der Waals surface area (Å²) in [4.78, 5) is 36.0. The summed E-state index contributed by atoms with van der Waals surface area (Å²) >= 11 is 0. The highest BCUT2D eigenvalue weighted by atomic mass is 19.1. The summed E-state index contributed by atoms with van der Waals surface area (Å²) < 4.78 is 23.3. The van der Waals surface area contributed by atoms with Gasteiger partial charge in [0.05, 0.1) is 0 Å². The van der Waals surface area contributed by atoms with Crippen molar-refractivity contribution in [3.63, 3.8) is 0 Å². The Bertz CT molecular complexity index is 827. The Morgan fingerprint density at radius 1 is 1.00 bits per heavy atom. The van der Waals surface area contributed by atoms with Crippen LogP contribution in [0.1, 0.15) is 19.4 Å². The van der Waals surface area contributed by atoms with Crippen molar-refractivity contribution in [2.24, 2.45) is 0 Å². The first kappa shape index (κ1) is 21.9. The smallest absolute Gasteiger partial charge is 0.329 e. The van der Waals surface area contributed by atoms with Gasteiger partial charge in [0.2, 0.25) is 0 Å². The molecule has 0 bridgehead atoms. The van der Waals surface area contributed by atoms with E-state index in [0.29, 0.717) is 11.3 Å². The number of rotatable bonds is 9. The highest BCUT2D eigenvalue weighted by Crippen LogP contribution is 2.08.